The van der Waals surface area contributed by atoms with E-state index in [-0.39, 0.29) is 12.5 Å². The molecule has 132 valence electrons. The second-order valence-corrected chi connectivity index (χ2v) is 6.35. The van der Waals surface area contributed by atoms with Crippen molar-refractivity contribution >= 4 is 16.8 Å². The van der Waals surface area contributed by atoms with Crippen LogP contribution in [0.15, 0.2) is 54.6 Å². The van der Waals surface area contributed by atoms with E-state index in [1.54, 1.807) is 7.11 Å². The van der Waals surface area contributed by atoms with E-state index in [1.807, 2.05) is 47.4 Å². The molecule has 0 unspecified atom stereocenters. The maximum Gasteiger partial charge on any atom is 0.260 e. The van der Waals surface area contributed by atoms with E-state index >= 15 is 0 Å². The molecule has 0 aliphatic carbocycles. The summed E-state index contributed by atoms with van der Waals surface area (Å²) >= 11 is 0. The van der Waals surface area contributed by atoms with Crippen LogP contribution in [0.3, 0.4) is 0 Å². The molecule has 1 aromatic heterocycles. The largest absolute Gasteiger partial charge is 0.497 e. The van der Waals surface area contributed by atoms with Gasteiger partial charge in [-0.15, -0.1) is 0 Å². The molecule has 0 saturated heterocycles. The van der Waals surface area contributed by atoms with E-state index in [0.717, 1.165) is 28.6 Å². The minimum absolute atomic E-state index is 0.0134. The highest BCUT2D eigenvalue weighted by Crippen LogP contribution is 2.28. The Morgan fingerprint density at radius 2 is 2.00 bits per heavy atom. The van der Waals surface area contributed by atoms with Crippen LogP contribution < -0.4 is 9.47 Å². The lowest BCUT2D eigenvalue weighted by molar-refractivity contribution is -0.133. The van der Waals surface area contributed by atoms with Gasteiger partial charge in [-0.3, -0.25) is 4.79 Å². The number of hydrogen-bond donors (Lipinski definition) is 0. The van der Waals surface area contributed by atoms with E-state index in [2.05, 4.69) is 17.1 Å². The van der Waals surface area contributed by atoms with E-state index in [9.17, 15) is 4.79 Å². The number of pyridine rings is 1. The molecule has 0 N–H and O–H groups in total. The SMILES string of the molecule is COc1ccc2nc3c(cc2c1)CN(CCc1ccccc1)C(=O)CO3. The topological polar surface area (TPSA) is 51.7 Å². The Morgan fingerprint density at radius 3 is 2.81 bits per heavy atom. The zero-order valence-electron chi connectivity index (χ0n) is 14.6. The third-order valence-corrected chi connectivity index (χ3v) is 4.62. The minimum atomic E-state index is -0.0134. The number of benzene rings is 2. The fourth-order valence-corrected chi connectivity index (χ4v) is 3.17. The Bertz CT molecular complexity index is 941. The summed E-state index contributed by atoms with van der Waals surface area (Å²) in [6.07, 6.45) is 0.816. The Kier molecular flexibility index (Phi) is 4.44. The van der Waals surface area contributed by atoms with Gasteiger partial charge in [0.25, 0.3) is 5.91 Å². The number of rotatable bonds is 4. The summed E-state index contributed by atoms with van der Waals surface area (Å²) in [5, 5.41) is 0.976. The first kappa shape index (κ1) is 16.4. The molecule has 1 amide bonds. The molecule has 26 heavy (non-hydrogen) atoms. The van der Waals surface area contributed by atoms with Crippen LogP contribution in [0.25, 0.3) is 10.9 Å². The molecular weight excluding hydrogens is 328 g/mol. The Hall–Kier alpha value is -3.08. The lowest BCUT2D eigenvalue weighted by Gasteiger charge is -2.20. The highest BCUT2D eigenvalue weighted by Gasteiger charge is 2.22. The van der Waals surface area contributed by atoms with Gasteiger partial charge in [-0.25, -0.2) is 4.98 Å². The molecule has 0 bridgehead atoms. The number of hydrogen-bond acceptors (Lipinski definition) is 4. The van der Waals surface area contributed by atoms with Gasteiger partial charge in [-0.2, -0.15) is 0 Å². The number of ether oxygens (including phenoxy) is 2. The van der Waals surface area contributed by atoms with Crippen LogP contribution in [0.4, 0.5) is 0 Å². The van der Waals surface area contributed by atoms with E-state index < -0.39 is 0 Å². The van der Waals surface area contributed by atoms with Crippen LogP contribution in [0.1, 0.15) is 11.1 Å². The van der Waals surface area contributed by atoms with Gasteiger partial charge in [0.15, 0.2) is 6.61 Å². The number of aromatic nitrogens is 1. The second-order valence-electron chi connectivity index (χ2n) is 6.35. The van der Waals surface area contributed by atoms with Gasteiger partial charge < -0.3 is 14.4 Å². The average molecular weight is 348 g/mol. The molecule has 2 heterocycles. The van der Waals surface area contributed by atoms with Gasteiger partial charge in [-0.1, -0.05) is 30.3 Å². The van der Waals surface area contributed by atoms with Crippen LogP contribution in [-0.2, 0) is 17.8 Å². The highest BCUT2D eigenvalue weighted by atomic mass is 16.5. The zero-order valence-corrected chi connectivity index (χ0v) is 14.6. The van der Waals surface area contributed by atoms with Crippen molar-refractivity contribution in [2.45, 2.75) is 13.0 Å². The summed E-state index contributed by atoms with van der Waals surface area (Å²) in [6.45, 7) is 1.18. The molecule has 3 aromatic rings. The third kappa shape index (κ3) is 3.33. The molecule has 4 rings (SSSR count). The number of carbonyl (C=O) groups excluding carboxylic acids is 1. The van der Waals surface area contributed by atoms with Crippen molar-refractivity contribution < 1.29 is 14.3 Å². The van der Waals surface area contributed by atoms with Crippen molar-refractivity contribution in [1.29, 1.82) is 0 Å². The molecule has 0 fully saturated rings. The number of fused-ring (bicyclic) bond motifs is 2. The van der Waals surface area contributed by atoms with Crippen molar-refractivity contribution in [3.8, 4) is 11.6 Å². The summed E-state index contributed by atoms with van der Waals surface area (Å²) in [5.41, 5.74) is 2.96. The monoisotopic (exact) mass is 348 g/mol. The molecule has 1 aliphatic heterocycles. The predicted molar refractivity (Wildman–Crippen MR) is 99.4 cm³/mol. The van der Waals surface area contributed by atoms with Gasteiger partial charge >= 0.3 is 0 Å². The van der Waals surface area contributed by atoms with Crippen LogP contribution in [0.2, 0.25) is 0 Å². The Balaban J connectivity index is 1.60. The van der Waals surface area contributed by atoms with Gasteiger partial charge in [0, 0.05) is 17.5 Å². The van der Waals surface area contributed by atoms with Gasteiger partial charge in [-0.05, 0) is 36.2 Å². The van der Waals surface area contributed by atoms with E-state index in [0.29, 0.717) is 19.0 Å². The molecule has 5 heteroatoms. The van der Waals surface area contributed by atoms with Crippen molar-refractivity contribution in [3.05, 3.63) is 65.7 Å². The van der Waals surface area contributed by atoms with E-state index in [4.69, 9.17) is 9.47 Å². The molecule has 0 spiro atoms. The first-order valence-corrected chi connectivity index (χ1v) is 8.65. The maximum atomic E-state index is 12.5. The Morgan fingerprint density at radius 1 is 1.15 bits per heavy atom. The summed E-state index contributed by atoms with van der Waals surface area (Å²) in [7, 11) is 1.64. The minimum Gasteiger partial charge on any atom is -0.497 e. The van der Waals surface area contributed by atoms with Crippen molar-refractivity contribution in [1.82, 2.24) is 9.88 Å². The maximum absolute atomic E-state index is 12.5. The molecule has 0 radical (unpaired) electrons. The van der Waals surface area contributed by atoms with Crippen molar-refractivity contribution in [2.75, 3.05) is 20.3 Å². The summed E-state index contributed by atoms with van der Waals surface area (Å²) < 4.78 is 11.0. The quantitative estimate of drug-likeness (QED) is 0.726. The number of nitrogens with zero attached hydrogens (tertiary/aromatic N) is 2. The first-order chi connectivity index (χ1) is 12.7. The lowest BCUT2D eigenvalue weighted by atomic mass is 10.1. The first-order valence-electron chi connectivity index (χ1n) is 8.65. The number of amides is 1. The zero-order chi connectivity index (χ0) is 17.9. The van der Waals surface area contributed by atoms with E-state index in [1.165, 1.54) is 5.56 Å². The highest BCUT2D eigenvalue weighted by molar-refractivity contribution is 5.83. The van der Waals surface area contributed by atoms with Gasteiger partial charge in [0.05, 0.1) is 19.2 Å². The molecule has 2 aromatic carbocycles. The predicted octanol–water partition coefficient (Wildman–Crippen LogP) is 3.21. The molecule has 0 saturated carbocycles. The Labute approximate surface area is 152 Å². The van der Waals surface area contributed by atoms with Crippen LogP contribution >= 0.6 is 0 Å². The molecule has 5 nitrogen and oxygen atoms in total. The summed E-state index contributed by atoms with van der Waals surface area (Å²) in [6, 6.07) is 17.9. The summed E-state index contributed by atoms with van der Waals surface area (Å²) in [4.78, 5) is 18.9. The van der Waals surface area contributed by atoms with Gasteiger partial charge in [0.1, 0.15) is 5.75 Å². The van der Waals surface area contributed by atoms with Crippen LogP contribution in [0.5, 0.6) is 11.6 Å². The summed E-state index contributed by atoms with van der Waals surface area (Å²) in [5.74, 6) is 1.31. The molecular formula is C21H20N2O3. The van der Waals surface area contributed by atoms with Crippen LogP contribution in [-0.4, -0.2) is 36.1 Å². The van der Waals surface area contributed by atoms with Crippen molar-refractivity contribution in [2.24, 2.45) is 0 Å². The van der Waals surface area contributed by atoms with Crippen LogP contribution in [0, 0.1) is 0 Å². The normalized spacial score (nSPS) is 13.9. The second kappa shape index (κ2) is 7.04. The third-order valence-electron chi connectivity index (χ3n) is 4.62. The molecule has 0 atom stereocenters. The fourth-order valence-electron chi connectivity index (χ4n) is 3.17. The standard InChI is InChI=1S/C21H20N2O3/c1-25-18-7-8-19-16(12-18)11-17-13-23(20(24)14-26-21(17)22-19)10-9-15-5-3-2-4-6-15/h2-8,11-12H,9-10,13-14H2,1H3. The van der Waals surface area contributed by atoms with Gasteiger partial charge in [0.2, 0.25) is 5.88 Å². The smallest absolute Gasteiger partial charge is 0.260 e. The van der Waals surface area contributed by atoms with Crippen molar-refractivity contribution in [3.63, 3.8) is 0 Å². The number of carbonyl (C=O) groups is 1. The average Bonchev–Trinajstić information content (AvgIpc) is 2.83. The fraction of sp³-hybridized carbons (Fsp3) is 0.238. The lowest BCUT2D eigenvalue weighted by Crippen LogP contribution is -2.34. The molecule has 1 aliphatic rings. The number of methoxy groups -OCH3 is 1.